The van der Waals surface area contributed by atoms with E-state index in [0.717, 1.165) is 33.9 Å². The molecule has 1 aromatic heterocycles. The normalized spacial score (nSPS) is 10.6. The molecule has 29 heavy (non-hydrogen) atoms. The van der Waals surface area contributed by atoms with Crippen LogP contribution < -0.4 is 9.64 Å². The number of hydrogen-bond acceptors (Lipinski definition) is 4. The fraction of sp³-hybridized carbons (Fsp3) is 0.292. The summed E-state index contributed by atoms with van der Waals surface area (Å²) in [6.45, 7) is 4.91. The average molecular weight is 392 g/mol. The van der Waals surface area contributed by atoms with Gasteiger partial charge in [0, 0.05) is 26.3 Å². The number of aryl methyl sites for hydroxylation is 1. The minimum atomic E-state index is -0.0843. The number of nitrogens with zero attached hydrogens (tertiary/aromatic N) is 2. The van der Waals surface area contributed by atoms with Gasteiger partial charge < -0.3 is 19.0 Å². The summed E-state index contributed by atoms with van der Waals surface area (Å²) in [5.41, 5.74) is 4.37. The van der Waals surface area contributed by atoms with Gasteiger partial charge in [-0.2, -0.15) is 0 Å². The van der Waals surface area contributed by atoms with E-state index in [9.17, 15) is 4.79 Å². The van der Waals surface area contributed by atoms with E-state index in [4.69, 9.17) is 9.15 Å². The molecule has 0 aliphatic heterocycles. The molecule has 0 aliphatic rings. The van der Waals surface area contributed by atoms with Crippen LogP contribution in [0.2, 0.25) is 0 Å². The lowest BCUT2D eigenvalue weighted by Crippen LogP contribution is -2.34. The first-order valence-electron chi connectivity index (χ1n) is 9.69. The Hall–Kier alpha value is -3.21. The van der Waals surface area contributed by atoms with E-state index in [2.05, 4.69) is 12.1 Å². The Labute approximate surface area is 172 Å². The van der Waals surface area contributed by atoms with Gasteiger partial charge in [-0.1, -0.05) is 24.3 Å². The van der Waals surface area contributed by atoms with Crippen molar-refractivity contribution < 1.29 is 13.9 Å². The second-order valence-electron chi connectivity index (χ2n) is 7.38. The molecule has 1 heterocycles. The van der Waals surface area contributed by atoms with E-state index < -0.39 is 0 Å². The Morgan fingerprint density at radius 3 is 2.38 bits per heavy atom. The third kappa shape index (κ3) is 5.41. The maximum absolute atomic E-state index is 13.0. The standard InChI is InChI=1S/C24H28N2O3/c1-18-7-5-9-23(19(18)2)29-17-24(27)26(16-22-8-6-14-28-22)15-20-10-12-21(13-11-20)25(3)4/h5-14H,15-17H2,1-4H3. The molecular weight excluding hydrogens is 364 g/mol. The number of anilines is 1. The number of hydrogen-bond donors (Lipinski definition) is 0. The minimum Gasteiger partial charge on any atom is -0.483 e. The quantitative estimate of drug-likeness (QED) is 0.563. The van der Waals surface area contributed by atoms with Crippen LogP contribution in [0, 0.1) is 13.8 Å². The summed E-state index contributed by atoms with van der Waals surface area (Å²) in [6.07, 6.45) is 1.62. The second kappa shape index (κ2) is 9.32. The fourth-order valence-corrected chi connectivity index (χ4v) is 3.05. The second-order valence-corrected chi connectivity index (χ2v) is 7.38. The predicted molar refractivity (Wildman–Crippen MR) is 115 cm³/mol. The fourth-order valence-electron chi connectivity index (χ4n) is 3.05. The van der Waals surface area contributed by atoms with Crippen LogP contribution in [-0.4, -0.2) is 31.5 Å². The number of furan rings is 1. The average Bonchev–Trinajstić information content (AvgIpc) is 3.22. The van der Waals surface area contributed by atoms with Crippen LogP contribution in [0.15, 0.2) is 65.3 Å². The number of amides is 1. The van der Waals surface area contributed by atoms with Crippen LogP contribution in [0.1, 0.15) is 22.5 Å². The highest BCUT2D eigenvalue weighted by Gasteiger charge is 2.17. The summed E-state index contributed by atoms with van der Waals surface area (Å²) in [7, 11) is 4.01. The molecule has 0 unspecified atom stereocenters. The maximum atomic E-state index is 13.0. The van der Waals surface area contributed by atoms with Gasteiger partial charge in [-0.3, -0.25) is 4.79 Å². The van der Waals surface area contributed by atoms with E-state index in [0.29, 0.717) is 13.1 Å². The number of rotatable bonds is 8. The van der Waals surface area contributed by atoms with E-state index >= 15 is 0 Å². The topological polar surface area (TPSA) is 45.9 Å². The van der Waals surface area contributed by atoms with Crippen LogP contribution >= 0.6 is 0 Å². The van der Waals surface area contributed by atoms with Crippen molar-refractivity contribution in [1.82, 2.24) is 4.90 Å². The number of carbonyl (C=O) groups excluding carboxylic acids is 1. The lowest BCUT2D eigenvalue weighted by atomic mass is 10.1. The molecule has 2 aromatic carbocycles. The zero-order valence-electron chi connectivity index (χ0n) is 17.5. The van der Waals surface area contributed by atoms with Gasteiger partial charge in [-0.05, 0) is 60.9 Å². The molecule has 3 rings (SSSR count). The largest absolute Gasteiger partial charge is 0.483 e. The first kappa shape index (κ1) is 20.5. The minimum absolute atomic E-state index is 0.0131. The molecule has 152 valence electrons. The molecule has 0 aliphatic carbocycles. The van der Waals surface area contributed by atoms with E-state index in [1.165, 1.54) is 0 Å². The number of carbonyl (C=O) groups is 1. The predicted octanol–water partition coefficient (Wildman–Crippen LogP) is 4.57. The van der Waals surface area contributed by atoms with Crippen molar-refractivity contribution in [3.63, 3.8) is 0 Å². The molecule has 0 saturated carbocycles. The van der Waals surface area contributed by atoms with E-state index in [1.807, 2.05) is 75.3 Å². The molecule has 5 heteroatoms. The molecule has 0 radical (unpaired) electrons. The third-order valence-corrected chi connectivity index (χ3v) is 5.01. The smallest absolute Gasteiger partial charge is 0.261 e. The van der Waals surface area contributed by atoms with Crippen LogP contribution in [0.4, 0.5) is 5.69 Å². The molecular formula is C24H28N2O3. The van der Waals surface area contributed by atoms with Gasteiger partial charge in [-0.15, -0.1) is 0 Å². The van der Waals surface area contributed by atoms with Gasteiger partial charge in [-0.25, -0.2) is 0 Å². The highest BCUT2D eigenvalue weighted by Crippen LogP contribution is 2.21. The number of benzene rings is 2. The van der Waals surface area contributed by atoms with Crippen molar-refractivity contribution in [3.8, 4) is 5.75 Å². The Morgan fingerprint density at radius 2 is 1.72 bits per heavy atom. The zero-order valence-corrected chi connectivity index (χ0v) is 17.5. The summed E-state index contributed by atoms with van der Waals surface area (Å²) in [5, 5.41) is 0. The first-order valence-corrected chi connectivity index (χ1v) is 9.69. The van der Waals surface area contributed by atoms with Crippen LogP contribution in [-0.2, 0) is 17.9 Å². The molecule has 0 spiro atoms. The van der Waals surface area contributed by atoms with Crippen molar-refractivity contribution in [2.24, 2.45) is 0 Å². The Bertz CT molecular complexity index is 931. The molecule has 0 bridgehead atoms. The highest BCUT2D eigenvalue weighted by atomic mass is 16.5. The highest BCUT2D eigenvalue weighted by molar-refractivity contribution is 5.77. The van der Waals surface area contributed by atoms with Crippen LogP contribution in [0.25, 0.3) is 0 Å². The van der Waals surface area contributed by atoms with Crippen LogP contribution in [0.5, 0.6) is 5.75 Å². The van der Waals surface area contributed by atoms with Crippen molar-refractivity contribution in [1.29, 1.82) is 0 Å². The Morgan fingerprint density at radius 1 is 0.966 bits per heavy atom. The summed E-state index contributed by atoms with van der Waals surface area (Å²) >= 11 is 0. The van der Waals surface area contributed by atoms with E-state index in [-0.39, 0.29) is 12.5 Å². The monoisotopic (exact) mass is 392 g/mol. The SMILES string of the molecule is Cc1cccc(OCC(=O)N(Cc2ccc(N(C)C)cc2)Cc2ccco2)c1C. The summed E-state index contributed by atoms with van der Waals surface area (Å²) < 4.78 is 11.3. The zero-order chi connectivity index (χ0) is 20.8. The Balaban J connectivity index is 1.71. The summed E-state index contributed by atoms with van der Waals surface area (Å²) in [5.74, 6) is 1.40. The van der Waals surface area contributed by atoms with Gasteiger partial charge in [0.15, 0.2) is 6.61 Å². The lowest BCUT2D eigenvalue weighted by Gasteiger charge is -2.23. The molecule has 1 amide bonds. The van der Waals surface area contributed by atoms with Crippen molar-refractivity contribution in [3.05, 3.63) is 83.3 Å². The van der Waals surface area contributed by atoms with Gasteiger partial charge >= 0.3 is 0 Å². The van der Waals surface area contributed by atoms with E-state index in [1.54, 1.807) is 11.2 Å². The summed E-state index contributed by atoms with van der Waals surface area (Å²) in [4.78, 5) is 16.8. The van der Waals surface area contributed by atoms with Gasteiger partial charge in [0.2, 0.25) is 0 Å². The molecule has 0 fully saturated rings. The third-order valence-electron chi connectivity index (χ3n) is 5.01. The first-order chi connectivity index (χ1) is 13.9. The van der Waals surface area contributed by atoms with Gasteiger partial charge in [0.1, 0.15) is 11.5 Å². The molecule has 0 saturated heterocycles. The summed E-state index contributed by atoms with van der Waals surface area (Å²) in [6, 6.07) is 17.8. The van der Waals surface area contributed by atoms with Gasteiger partial charge in [0.25, 0.3) is 5.91 Å². The molecule has 3 aromatic rings. The lowest BCUT2D eigenvalue weighted by molar-refractivity contribution is -0.134. The maximum Gasteiger partial charge on any atom is 0.261 e. The molecule has 0 N–H and O–H groups in total. The molecule has 5 nitrogen and oxygen atoms in total. The van der Waals surface area contributed by atoms with Crippen molar-refractivity contribution >= 4 is 11.6 Å². The Kier molecular flexibility index (Phi) is 6.60. The van der Waals surface area contributed by atoms with Crippen LogP contribution in [0.3, 0.4) is 0 Å². The molecule has 0 atom stereocenters. The number of ether oxygens (including phenoxy) is 1. The van der Waals surface area contributed by atoms with Gasteiger partial charge in [0.05, 0.1) is 12.8 Å². The van der Waals surface area contributed by atoms with Crippen molar-refractivity contribution in [2.45, 2.75) is 26.9 Å². The van der Waals surface area contributed by atoms with Crippen molar-refractivity contribution in [2.75, 3.05) is 25.6 Å².